The van der Waals surface area contributed by atoms with E-state index in [0.29, 0.717) is 0 Å². The van der Waals surface area contributed by atoms with Gasteiger partial charge in [-0.2, -0.15) is 17.6 Å². The van der Waals surface area contributed by atoms with Gasteiger partial charge < -0.3 is 14.6 Å². The van der Waals surface area contributed by atoms with E-state index in [-0.39, 0.29) is 10.6 Å². The van der Waals surface area contributed by atoms with Crippen molar-refractivity contribution in [3.05, 3.63) is 22.7 Å². The molecule has 0 aliphatic carbocycles. The second-order valence-corrected chi connectivity index (χ2v) is 3.69. The molecule has 0 amide bonds. The zero-order chi connectivity index (χ0) is 12.8. The Bertz CT molecular complexity index is 464. The third-order valence-electron chi connectivity index (χ3n) is 2.10. The van der Waals surface area contributed by atoms with Crippen molar-refractivity contribution in [3.8, 4) is 11.5 Å². The maximum absolute atomic E-state index is 12.8. The van der Waals surface area contributed by atoms with Gasteiger partial charge in [-0.3, -0.25) is 0 Å². The minimum atomic E-state index is -4.78. The lowest BCUT2D eigenvalue weighted by Crippen LogP contribution is -2.52. The van der Waals surface area contributed by atoms with E-state index in [0.717, 1.165) is 12.1 Å². The molecule has 0 aromatic heterocycles. The Kier molecular flexibility index (Phi) is 2.62. The predicted molar refractivity (Wildman–Crippen MR) is 48.5 cm³/mol. The third-order valence-corrected chi connectivity index (χ3v) is 2.45. The summed E-state index contributed by atoms with van der Waals surface area (Å²) < 4.78 is 58.9. The van der Waals surface area contributed by atoms with E-state index in [1.807, 2.05) is 0 Å². The van der Waals surface area contributed by atoms with Gasteiger partial charge in [-0.25, -0.2) is 0 Å². The highest BCUT2D eigenvalue weighted by atomic mass is 35.5. The Morgan fingerprint density at radius 1 is 1.06 bits per heavy atom. The van der Waals surface area contributed by atoms with E-state index >= 15 is 0 Å². The van der Waals surface area contributed by atoms with Crippen molar-refractivity contribution in [2.75, 3.05) is 0 Å². The molecule has 0 fully saturated rings. The van der Waals surface area contributed by atoms with Gasteiger partial charge in [-0.05, 0) is 11.6 Å². The first-order valence-corrected chi connectivity index (χ1v) is 4.71. The summed E-state index contributed by atoms with van der Waals surface area (Å²) in [7, 11) is 0. The Morgan fingerprint density at radius 2 is 1.53 bits per heavy atom. The van der Waals surface area contributed by atoms with E-state index in [1.54, 1.807) is 0 Å². The van der Waals surface area contributed by atoms with Crippen LogP contribution in [0.25, 0.3) is 0 Å². The molecule has 1 aromatic carbocycles. The maximum Gasteiger partial charge on any atom is 0.507 e. The predicted octanol–water partition coefficient (Wildman–Crippen LogP) is 2.79. The second kappa shape index (κ2) is 3.64. The fourth-order valence-corrected chi connectivity index (χ4v) is 1.47. The first-order chi connectivity index (χ1) is 7.77. The number of halogens is 5. The fraction of sp³-hybridized carbons (Fsp3) is 0.333. The molecule has 1 heterocycles. The van der Waals surface area contributed by atoms with Gasteiger partial charge in [0.15, 0.2) is 11.5 Å². The highest BCUT2D eigenvalue weighted by Crippen LogP contribution is 2.48. The van der Waals surface area contributed by atoms with Gasteiger partial charge in [-0.15, -0.1) is 0 Å². The first kappa shape index (κ1) is 12.3. The molecule has 0 unspecified atom stereocenters. The van der Waals surface area contributed by atoms with Crippen LogP contribution in [0.2, 0.25) is 5.02 Å². The summed E-state index contributed by atoms with van der Waals surface area (Å²) in [6, 6.07) is 1.80. The number of fused-ring (bicyclic) bond motifs is 1. The molecule has 0 atom stereocenters. The Hall–Kier alpha value is -1.21. The van der Waals surface area contributed by atoms with Crippen LogP contribution in [0.3, 0.4) is 0 Å². The molecule has 0 saturated heterocycles. The number of hydrogen-bond donors (Lipinski definition) is 1. The quantitative estimate of drug-likeness (QED) is 0.799. The monoisotopic (exact) mass is 272 g/mol. The molecule has 8 heteroatoms. The maximum atomic E-state index is 12.8. The van der Waals surface area contributed by atoms with E-state index in [2.05, 4.69) is 9.47 Å². The molecule has 1 aliphatic heterocycles. The van der Waals surface area contributed by atoms with Gasteiger partial charge in [0.05, 0.1) is 11.6 Å². The molecule has 0 saturated carbocycles. The summed E-state index contributed by atoms with van der Waals surface area (Å²) in [5.74, 6) is -1.21. The highest BCUT2D eigenvalue weighted by molar-refractivity contribution is 6.31. The fourth-order valence-electron chi connectivity index (χ4n) is 1.25. The average molecular weight is 273 g/mol. The lowest BCUT2D eigenvalue weighted by atomic mass is 10.2. The molecule has 17 heavy (non-hydrogen) atoms. The van der Waals surface area contributed by atoms with Gasteiger partial charge in [0.1, 0.15) is 0 Å². The first-order valence-electron chi connectivity index (χ1n) is 4.34. The number of aliphatic hydroxyl groups is 1. The zero-order valence-electron chi connectivity index (χ0n) is 8.02. The van der Waals surface area contributed by atoms with Crippen LogP contribution in [-0.2, 0) is 6.61 Å². The molecule has 2 rings (SSSR count). The Balaban J connectivity index is 2.50. The SMILES string of the molecule is OCc1cc2c(cc1Cl)OC(F)(F)C(F)(F)O2. The lowest BCUT2D eigenvalue weighted by molar-refractivity contribution is -0.391. The van der Waals surface area contributed by atoms with Crippen LogP contribution in [-0.4, -0.2) is 17.3 Å². The van der Waals surface area contributed by atoms with Crippen LogP contribution in [0, 0.1) is 0 Å². The van der Waals surface area contributed by atoms with Crippen molar-refractivity contribution < 1.29 is 32.1 Å². The number of alkyl halides is 4. The number of aliphatic hydroxyl groups excluding tert-OH is 1. The largest absolute Gasteiger partial charge is 0.507 e. The molecular formula is C9H5ClF4O3. The summed E-state index contributed by atoms with van der Waals surface area (Å²) in [6.45, 7) is -0.544. The molecular weight excluding hydrogens is 268 g/mol. The molecule has 94 valence electrons. The highest BCUT2D eigenvalue weighted by Gasteiger charge is 2.66. The van der Waals surface area contributed by atoms with E-state index < -0.39 is 30.3 Å². The Morgan fingerprint density at radius 3 is 2.00 bits per heavy atom. The standard InChI is InChI=1S/C9H5ClF4O3/c10-5-2-7-6(1-4(5)3-15)16-8(11,12)9(13,14)17-7/h1-2,15H,3H2. The van der Waals surface area contributed by atoms with Crippen molar-refractivity contribution in [2.45, 2.75) is 18.8 Å². The molecule has 0 radical (unpaired) electrons. The van der Waals surface area contributed by atoms with Gasteiger partial charge >= 0.3 is 12.2 Å². The zero-order valence-corrected chi connectivity index (χ0v) is 8.77. The molecule has 3 nitrogen and oxygen atoms in total. The number of hydrogen-bond acceptors (Lipinski definition) is 3. The number of ether oxygens (including phenoxy) is 2. The van der Waals surface area contributed by atoms with E-state index in [1.165, 1.54) is 0 Å². The van der Waals surface area contributed by atoms with Crippen molar-refractivity contribution >= 4 is 11.6 Å². The number of benzene rings is 1. The third kappa shape index (κ3) is 1.89. The van der Waals surface area contributed by atoms with Gasteiger partial charge in [-0.1, -0.05) is 11.6 Å². The second-order valence-electron chi connectivity index (χ2n) is 3.29. The van der Waals surface area contributed by atoms with Crippen molar-refractivity contribution in [1.82, 2.24) is 0 Å². The summed E-state index contributed by atoms with van der Waals surface area (Å²) in [5, 5.41) is 8.75. The molecule has 0 bridgehead atoms. The van der Waals surface area contributed by atoms with Crippen LogP contribution in [0.1, 0.15) is 5.56 Å². The summed E-state index contributed by atoms with van der Waals surface area (Å²) in [6.07, 6.45) is -9.55. The molecule has 0 spiro atoms. The van der Waals surface area contributed by atoms with Crippen LogP contribution in [0.4, 0.5) is 17.6 Å². The number of rotatable bonds is 1. The van der Waals surface area contributed by atoms with Crippen molar-refractivity contribution in [2.24, 2.45) is 0 Å². The van der Waals surface area contributed by atoms with Crippen LogP contribution in [0.15, 0.2) is 12.1 Å². The molecule has 1 aromatic rings. The Labute approximate surface area is 97.5 Å². The van der Waals surface area contributed by atoms with Crippen LogP contribution >= 0.6 is 11.6 Å². The molecule has 1 N–H and O–H groups in total. The van der Waals surface area contributed by atoms with E-state index in [4.69, 9.17) is 16.7 Å². The smallest absolute Gasteiger partial charge is 0.421 e. The van der Waals surface area contributed by atoms with Gasteiger partial charge in [0.2, 0.25) is 0 Å². The molecule has 1 aliphatic rings. The van der Waals surface area contributed by atoms with E-state index in [9.17, 15) is 17.6 Å². The summed E-state index contributed by atoms with van der Waals surface area (Å²) in [4.78, 5) is 0. The normalized spacial score (nSPS) is 20.1. The summed E-state index contributed by atoms with van der Waals surface area (Å²) >= 11 is 5.60. The minimum Gasteiger partial charge on any atom is -0.421 e. The van der Waals surface area contributed by atoms with Crippen molar-refractivity contribution in [3.63, 3.8) is 0 Å². The van der Waals surface area contributed by atoms with Gasteiger partial charge in [0.25, 0.3) is 0 Å². The topological polar surface area (TPSA) is 38.7 Å². The van der Waals surface area contributed by atoms with Crippen LogP contribution < -0.4 is 9.47 Å². The minimum absolute atomic E-state index is 0.0648. The van der Waals surface area contributed by atoms with Gasteiger partial charge in [0, 0.05) is 6.07 Å². The average Bonchev–Trinajstić information content (AvgIpc) is 2.19. The lowest BCUT2D eigenvalue weighted by Gasteiger charge is -2.32. The summed E-state index contributed by atoms with van der Waals surface area (Å²) in [5.41, 5.74) is 0.0648. The van der Waals surface area contributed by atoms with Crippen LogP contribution in [0.5, 0.6) is 11.5 Å². The van der Waals surface area contributed by atoms with Crippen molar-refractivity contribution in [1.29, 1.82) is 0 Å².